The molecule has 3 saturated heterocycles. The van der Waals surface area contributed by atoms with Gasteiger partial charge in [-0.2, -0.15) is 0 Å². The summed E-state index contributed by atoms with van der Waals surface area (Å²) in [7, 11) is 0. The van der Waals surface area contributed by atoms with E-state index in [2.05, 4.69) is 35.4 Å². The van der Waals surface area contributed by atoms with Gasteiger partial charge in [-0.15, -0.1) is 0 Å². The Morgan fingerprint density at radius 1 is 0.600 bits per heavy atom. The van der Waals surface area contributed by atoms with Crippen LogP contribution >= 0.6 is 0 Å². The van der Waals surface area contributed by atoms with Gasteiger partial charge in [-0.25, -0.2) is 9.59 Å². The first-order valence-electron chi connectivity index (χ1n) is 29.2. The molecule has 3 heterocycles. The Balaban J connectivity index is 1.10. The smallest absolute Gasteiger partial charge is 0.410 e. The number of hydrogen-bond acceptors (Lipinski definition) is 21. The Hall–Kier alpha value is -7.99. The first-order chi connectivity index (χ1) is 43.8. The molecule has 8 N–H and O–H groups in total. The number of nitrogens with zero attached hydrogens (tertiary/aromatic N) is 10. The van der Waals surface area contributed by atoms with Crippen LogP contribution in [0.15, 0.2) is 167 Å². The quantitative estimate of drug-likeness (QED) is 0.0194. The molecule has 0 aromatic heterocycles. The van der Waals surface area contributed by atoms with E-state index >= 15 is 0 Å². The minimum absolute atomic E-state index is 0.0213. The molecule has 0 bridgehead atoms. The van der Waals surface area contributed by atoms with Crippen molar-refractivity contribution >= 4 is 12.2 Å². The maximum absolute atomic E-state index is 14.6. The van der Waals surface area contributed by atoms with E-state index in [9.17, 15) is 46.2 Å². The average Bonchev–Trinajstić information content (AvgIpc) is 1.25. The van der Waals surface area contributed by atoms with E-state index in [0.29, 0.717) is 11.1 Å². The van der Waals surface area contributed by atoms with Gasteiger partial charge in [0.1, 0.15) is 68.1 Å². The number of nitrogens with two attached hydrogens (primary N) is 1. The third kappa shape index (κ3) is 16.9. The van der Waals surface area contributed by atoms with Crippen LogP contribution in [0.2, 0.25) is 0 Å². The fourth-order valence-electron chi connectivity index (χ4n) is 11.3. The molecule has 29 nitrogen and oxygen atoms in total. The molecule has 0 spiro atoms. The second-order valence-corrected chi connectivity index (χ2v) is 21.9. The lowest BCUT2D eigenvalue weighted by atomic mass is 9.81. The molecule has 9 rings (SSSR count). The van der Waals surface area contributed by atoms with Crippen molar-refractivity contribution in [3.63, 3.8) is 0 Å². The van der Waals surface area contributed by atoms with Crippen molar-refractivity contribution in [2.24, 2.45) is 21.1 Å². The molecule has 1 aliphatic carbocycles. The first-order valence-corrected chi connectivity index (χ1v) is 29.2. The number of carbonyl (C=O) groups excluding carboxylic acids is 2. The summed E-state index contributed by atoms with van der Waals surface area (Å²) in [5.74, 6) is 0. The summed E-state index contributed by atoms with van der Waals surface area (Å²) >= 11 is 0. The van der Waals surface area contributed by atoms with Gasteiger partial charge in [0.2, 0.25) is 0 Å². The van der Waals surface area contributed by atoms with E-state index in [-0.39, 0.29) is 39.4 Å². The average molecular weight is 1250 g/mol. The highest BCUT2D eigenvalue weighted by Crippen LogP contribution is 2.39. The van der Waals surface area contributed by atoms with Crippen LogP contribution in [0.4, 0.5) is 9.59 Å². The van der Waals surface area contributed by atoms with Crippen molar-refractivity contribution in [1.29, 1.82) is 0 Å². The number of rotatable bonds is 26. The fraction of sp³-hybridized carbons (Fsp3) is 0.475. The third-order valence-corrected chi connectivity index (χ3v) is 16.0. The normalized spacial score (nSPS) is 30.9. The molecule has 5 aromatic carbocycles. The van der Waals surface area contributed by atoms with Gasteiger partial charge in [-0.1, -0.05) is 167 Å². The molecule has 90 heavy (non-hydrogen) atoms. The lowest BCUT2D eigenvalue weighted by Gasteiger charge is -2.51. The van der Waals surface area contributed by atoms with Crippen LogP contribution in [0, 0.1) is 0 Å². The Labute approximate surface area is 516 Å². The van der Waals surface area contributed by atoms with E-state index in [1.807, 2.05) is 91.0 Å². The molecule has 4 fully saturated rings. The van der Waals surface area contributed by atoms with E-state index in [4.69, 9.17) is 58.6 Å². The number of hydrogen-bond donors (Lipinski definition) is 7. The zero-order chi connectivity index (χ0) is 63.5. The van der Waals surface area contributed by atoms with Crippen LogP contribution in [0.1, 0.15) is 41.2 Å². The fourth-order valence-corrected chi connectivity index (χ4v) is 11.3. The molecule has 4 aliphatic rings. The van der Waals surface area contributed by atoms with Crippen LogP contribution in [-0.2, 0) is 80.3 Å². The SMILES string of the molecule is C[C@@H]([C@H]1O[C@H](O[C@@H]2[C@@H](NC(=O)OCc3ccccc3)[C@H](OCc3ccccc3)[C@@H](N)[C@H](O)[C@H]2O[C@@H]2O[C@H](CO)[C@@H](O[C@H]3O[C@@H](CN=[N+]=[N-])[C@@H](O)[C@H](O)[C@H]3N=[N+]=[N-])[C@H]2O)[C@H](N=[N+]=[N-])C[C@@H]1OCc1ccccc1)N(Cc1ccccc1)C(=O)OCc1ccccc1. The van der Waals surface area contributed by atoms with Gasteiger partial charge in [0.25, 0.3) is 0 Å². The van der Waals surface area contributed by atoms with Gasteiger partial charge in [0, 0.05) is 21.3 Å². The second kappa shape index (κ2) is 32.7. The number of aliphatic hydroxyl groups is 5. The van der Waals surface area contributed by atoms with E-state index in [1.165, 1.54) is 4.90 Å². The van der Waals surface area contributed by atoms with Crippen molar-refractivity contribution in [3.8, 4) is 0 Å². The number of nitrogens with one attached hydrogen (secondary N) is 1. The number of ether oxygens (including phenoxy) is 10. The third-order valence-electron chi connectivity index (χ3n) is 16.0. The number of azide groups is 3. The standard InChI is InChI=1S/C61H72N12O17/c1-35(73(29-36-17-7-2-8-18-36)61(80)84-34-40-25-15-6-16-26-40)52-42(81-31-37-19-9-3-10-20-37)27-41(68-71-64)57(87-52)89-55-47(67-60(79)83-33-39-23-13-5-14-24-39)54(82-32-38-21-11-4-12-22-38)45(62)49(76)56(55)90-59-51(78)53(44(30-74)86-59)88-58-46(69-72-65)50(77)48(75)43(85-58)28-66-70-63/h2-26,35,41-59,74-78H,27-34,62H2,1H3,(H,67,79)/t35-,41+,42-,43-,44+,45-,46+,47-,48+,49-,50+,51+,52+,53+,54+,55+,56+,57+,58+,59-/m0/s1. The van der Waals surface area contributed by atoms with Crippen LogP contribution in [0.3, 0.4) is 0 Å². The van der Waals surface area contributed by atoms with Crippen LogP contribution in [-0.4, -0.2) is 178 Å². The Morgan fingerprint density at radius 3 is 1.69 bits per heavy atom. The summed E-state index contributed by atoms with van der Waals surface area (Å²) in [6.45, 7) is 0.0101. The lowest BCUT2D eigenvalue weighted by molar-refractivity contribution is -0.312. The van der Waals surface area contributed by atoms with Gasteiger partial charge in [-0.05, 0) is 57.8 Å². The van der Waals surface area contributed by atoms with Crippen molar-refractivity contribution in [1.82, 2.24) is 10.2 Å². The van der Waals surface area contributed by atoms with Crippen molar-refractivity contribution in [3.05, 3.63) is 211 Å². The van der Waals surface area contributed by atoms with Crippen LogP contribution < -0.4 is 11.1 Å². The number of carbonyl (C=O) groups is 2. The molecule has 0 unspecified atom stereocenters. The van der Waals surface area contributed by atoms with Gasteiger partial charge in [0.05, 0.1) is 74.9 Å². The number of alkyl carbamates (subject to hydrolysis) is 1. The van der Waals surface area contributed by atoms with Crippen LogP contribution in [0.5, 0.6) is 0 Å². The molecule has 2 amide bonds. The largest absolute Gasteiger partial charge is 0.445 e. The molecule has 20 atom stereocenters. The van der Waals surface area contributed by atoms with Crippen molar-refractivity contribution in [2.75, 3.05) is 13.2 Å². The number of amides is 2. The Bertz CT molecular complexity index is 3200. The van der Waals surface area contributed by atoms with E-state index in [0.717, 1.165) is 16.7 Å². The number of benzene rings is 5. The summed E-state index contributed by atoms with van der Waals surface area (Å²) in [6.07, 6.45) is -26.2. The lowest BCUT2D eigenvalue weighted by Crippen LogP contribution is -2.73. The number of aliphatic hydroxyl groups excluding tert-OH is 5. The summed E-state index contributed by atoms with van der Waals surface area (Å²) in [4.78, 5) is 39.1. The van der Waals surface area contributed by atoms with Crippen LogP contribution in [0.25, 0.3) is 31.3 Å². The highest BCUT2D eigenvalue weighted by atomic mass is 16.8. The highest BCUT2D eigenvalue weighted by Gasteiger charge is 2.58. The van der Waals surface area contributed by atoms with Crippen molar-refractivity contribution < 1.29 is 82.5 Å². The monoisotopic (exact) mass is 1240 g/mol. The summed E-state index contributed by atoms with van der Waals surface area (Å²) in [5, 5.41) is 71.5. The molecule has 0 radical (unpaired) electrons. The highest BCUT2D eigenvalue weighted by molar-refractivity contribution is 5.68. The molecule has 1 saturated carbocycles. The predicted octanol–water partition coefficient (Wildman–Crippen LogP) is 5.85. The van der Waals surface area contributed by atoms with E-state index < -0.39 is 148 Å². The first kappa shape index (κ1) is 66.4. The second-order valence-electron chi connectivity index (χ2n) is 21.9. The van der Waals surface area contributed by atoms with Gasteiger partial charge >= 0.3 is 12.2 Å². The minimum atomic E-state index is -1.96. The summed E-state index contributed by atoms with van der Waals surface area (Å²) < 4.78 is 63.7. The zero-order valence-electron chi connectivity index (χ0n) is 48.8. The van der Waals surface area contributed by atoms with Gasteiger partial charge < -0.3 is 84.0 Å². The molecule has 29 heteroatoms. The summed E-state index contributed by atoms with van der Waals surface area (Å²) in [6, 6.07) is 38.4. The molecule has 478 valence electrons. The van der Waals surface area contributed by atoms with E-state index in [1.54, 1.807) is 67.6 Å². The molecule has 3 aliphatic heterocycles. The zero-order valence-corrected chi connectivity index (χ0v) is 48.8. The minimum Gasteiger partial charge on any atom is -0.445 e. The maximum Gasteiger partial charge on any atom is 0.410 e. The Kier molecular flexibility index (Phi) is 24.1. The Morgan fingerprint density at radius 2 is 1.12 bits per heavy atom. The van der Waals surface area contributed by atoms with Gasteiger partial charge in [-0.3, -0.25) is 4.90 Å². The molecular weight excluding hydrogens is 1170 g/mol. The van der Waals surface area contributed by atoms with Gasteiger partial charge in [0.15, 0.2) is 18.9 Å². The predicted molar refractivity (Wildman–Crippen MR) is 316 cm³/mol. The topological polar surface area (TPSA) is 415 Å². The molecule has 5 aromatic rings. The maximum atomic E-state index is 14.6. The van der Waals surface area contributed by atoms with Crippen molar-refractivity contribution in [2.45, 2.75) is 169 Å². The summed E-state index contributed by atoms with van der Waals surface area (Å²) in [5.41, 5.74) is 39.3. The molecular formula is C61H72N12O17.